The number of ketones is 1. The lowest BCUT2D eigenvalue weighted by atomic mass is 10.0. The molecule has 0 saturated heterocycles. The summed E-state index contributed by atoms with van der Waals surface area (Å²) in [6, 6.07) is 12.8. The van der Waals surface area contributed by atoms with Crippen molar-refractivity contribution in [2.24, 2.45) is 0 Å². The number of carbonyl (C=O) groups is 1. The van der Waals surface area contributed by atoms with Crippen LogP contribution in [0.1, 0.15) is 27.0 Å². The molecular weight excluding hydrogens is 314 g/mol. The first-order chi connectivity index (χ1) is 12.0. The van der Waals surface area contributed by atoms with Gasteiger partial charge in [0.2, 0.25) is 0 Å². The molecule has 0 fully saturated rings. The maximum absolute atomic E-state index is 12.4. The number of methoxy groups -OCH3 is 1. The highest BCUT2D eigenvalue weighted by atomic mass is 16.5. The van der Waals surface area contributed by atoms with Gasteiger partial charge in [-0.3, -0.25) is 9.59 Å². The summed E-state index contributed by atoms with van der Waals surface area (Å²) in [5.41, 5.74) is 3.75. The fourth-order valence-electron chi connectivity index (χ4n) is 2.72. The van der Waals surface area contributed by atoms with E-state index >= 15 is 0 Å². The second kappa shape index (κ2) is 6.77. The van der Waals surface area contributed by atoms with Crippen LogP contribution in [0.2, 0.25) is 0 Å². The highest BCUT2D eigenvalue weighted by Crippen LogP contribution is 2.20. The fourth-order valence-corrected chi connectivity index (χ4v) is 2.72. The number of ether oxygens (including phenoxy) is 1. The molecule has 0 atom stereocenters. The number of aromatic nitrogens is 1. The zero-order valence-corrected chi connectivity index (χ0v) is 14.4. The molecule has 3 rings (SSSR count). The van der Waals surface area contributed by atoms with E-state index in [1.54, 1.807) is 36.4 Å². The SMILES string of the molecule is COc1ccccc1C(=O)C=Cc1cc2cc(C)c(C)cc2[nH]c1=O. The fraction of sp³-hybridized carbons (Fsp3) is 0.143. The molecule has 0 spiro atoms. The quantitative estimate of drug-likeness (QED) is 0.579. The Bertz CT molecular complexity index is 1040. The molecule has 0 aliphatic rings. The lowest BCUT2D eigenvalue weighted by Gasteiger charge is -2.05. The zero-order valence-electron chi connectivity index (χ0n) is 14.4. The van der Waals surface area contributed by atoms with Crippen LogP contribution >= 0.6 is 0 Å². The lowest BCUT2D eigenvalue weighted by Crippen LogP contribution is -2.09. The number of hydrogen-bond donors (Lipinski definition) is 1. The molecule has 4 heteroatoms. The Balaban J connectivity index is 1.98. The third kappa shape index (κ3) is 3.38. The molecule has 25 heavy (non-hydrogen) atoms. The van der Waals surface area contributed by atoms with Crippen molar-refractivity contribution in [1.82, 2.24) is 4.98 Å². The number of H-pyrrole nitrogens is 1. The maximum atomic E-state index is 12.4. The molecule has 1 aromatic heterocycles. The maximum Gasteiger partial charge on any atom is 0.255 e. The predicted molar refractivity (Wildman–Crippen MR) is 100 cm³/mol. The number of fused-ring (bicyclic) bond motifs is 1. The first-order valence-electron chi connectivity index (χ1n) is 7.99. The topological polar surface area (TPSA) is 59.2 Å². The number of rotatable bonds is 4. The summed E-state index contributed by atoms with van der Waals surface area (Å²) in [5, 5.41) is 0.937. The lowest BCUT2D eigenvalue weighted by molar-refractivity contribution is 0.104. The Kier molecular flexibility index (Phi) is 4.52. The third-order valence-electron chi connectivity index (χ3n) is 4.27. The van der Waals surface area contributed by atoms with Crippen molar-refractivity contribution >= 4 is 22.8 Å². The van der Waals surface area contributed by atoms with E-state index in [0.29, 0.717) is 16.9 Å². The highest BCUT2D eigenvalue weighted by Gasteiger charge is 2.09. The van der Waals surface area contributed by atoms with Crippen LogP contribution < -0.4 is 10.3 Å². The van der Waals surface area contributed by atoms with Gasteiger partial charge in [0.25, 0.3) is 5.56 Å². The van der Waals surface area contributed by atoms with Crippen molar-refractivity contribution < 1.29 is 9.53 Å². The number of benzene rings is 2. The minimum Gasteiger partial charge on any atom is -0.496 e. The second-order valence-corrected chi connectivity index (χ2v) is 5.98. The molecule has 0 radical (unpaired) electrons. The van der Waals surface area contributed by atoms with Crippen molar-refractivity contribution in [3.63, 3.8) is 0 Å². The normalized spacial score (nSPS) is 11.2. The van der Waals surface area contributed by atoms with Gasteiger partial charge in [-0.1, -0.05) is 12.1 Å². The molecule has 1 heterocycles. The number of pyridine rings is 1. The average molecular weight is 333 g/mol. The summed E-state index contributed by atoms with van der Waals surface area (Å²) >= 11 is 0. The van der Waals surface area contributed by atoms with E-state index in [0.717, 1.165) is 22.0 Å². The van der Waals surface area contributed by atoms with Crippen molar-refractivity contribution in [3.05, 3.63) is 81.1 Å². The Morgan fingerprint density at radius 1 is 1.08 bits per heavy atom. The van der Waals surface area contributed by atoms with Crippen molar-refractivity contribution in [2.45, 2.75) is 13.8 Å². The van der Waals surface area contributed by atoms with Crippen LogP contribution in [0.4, 0.5) is 0 Å². The van der Waals surface area contributed by atoms with Crippen LogP contribution in [-0.2, 0) is 0 Å². The Morgan fingerprint density at radius 3 is 2.56 bits per heavy atom. The largest absolute Gasteiger partial charge is 0.496 e. The molecule has 2 aromatic carbocycles. The van der Waals surface area contributed by atoms with Crippen LogP contribution in [-0.4, -0.2) is 17.9 Å². The number of aromatic amines is 1. The van der Waals surface area contributed by atoms with Crippen LogP contribution in [0, 0.1) is 13.8 Å². The zero-order chi connectivity index (χ0) is 18.0. The molecule has 0 aliphatic heterocycles. The van der Waals surface area contributed by atoms with E-state index in [1.165, 1.54) is 13.2 Å². The number of carbonyl (C=O) groups excluding carboxylic acids is 1. The monoisotopic (exact) mass is 333 g/mol. The van der Waals surface area contributed by atoms with E-state index in [1.807, 2.05) is 26.0 Å². The molecular formula is C21H19NO3. The van der Waals surface area contributed by atoms with Gasteiger partial charge in [0.1, 0.15) is 5.75 Å². The smallest absolute Gasteiger partial charge is 0.255 e. The minimum atomic E-state index is -0.222. The predicted octanol–water partition coefficient (Wildman–Crippen LogP) is 4.05. The van der Waals surface area contributed by atoms with E-state index < -0.39 is 0 Å². The summed E-state index contributed by atoms with van der Waals surface area (Å²) in [6.45, 7) is 4.04. The number of allylic oxidation sites excluding steroid dienone is 1. The Morgan fingerprint density at radius 2 is 1.80 bits per heavy atom. The van der Waals surface area contributed by atoms with Gasteiger partial charge >= 0.3 is 0 Å². The van der Waals surface area contributed by atoms with Gasteiger partial charge in [0, 0.05) is 11.1 Å². The van der Waals surface area contributed by atoms with Crippen LogP contribution in [0.25, 0.3) is 17.0 Å². The van der Waals surface area contributed by atoms with E-state index in [9.17, 15) is 9.59 Å². The Hall–Kier alpha value is -3.14. The van der Waals surface area contributed by atoms with Crippen LogP contribution in [0.15, 0.2) is 53.3 Å². The average Bonchev–Trinajstić information content (AvgIpc) is 2.61. The first kappa shape index (κ1) is 16.7. The number of aryl methyl sites for hydroxylation is 2. The molecule has 0 amide bonds. The van der Waals surface area contributed by atoms with E-state index in [2.05, 4.69) is 4.98 Å². The van der Waals surface area contributed by atoms with Gasteiger partial charge in [0.15, 0.2) is 5.78 Å². The van der Waals surface area contributed by atoms with Crippen molar-refractivity contribution in [2.75, 3.05) is 7.11 Å². The minimum absolute atomic E-state index is 0.211. The number of para-hydroxylation sites is 1. The van der Waals surface area contributed by atoms with Gasteiger partial charge in [0.05, 0.1) is 12.7 Å². The standard InChI is InChI=1S/C21H19NO3/c1-13-10-16-12-15(21(24)22-18(16)11-14(13)2)8-9-19(23)17-6-4-5-7-20(17)25-3/h4-12H,1-3H3,(H,22,24). The summed E-state index contributed by atoms with van der Waals surface area (Å²) < 4.78 is 5.20. The van der Waals surface area contributed by atoms with Gasteiger partial charge < -0.3 is 9.72 Å². The van der Waals surface area contributed by atoms with Gasteiger partial charge in [-0.05, 0) is 72.8 Å². The van der Waals surface area contributed by atoms with E-state index in [4.69, 9.17) is 4.74 Å². The summed E-state index contributed by atoms with van der Waals surface area (Å²) in [4.78, 5) is 27.5. The molecule has 0 bridgehead atoms. The molecule has 0 unspecified atom stereocenters. The first-order valence-corrected chi connectivity index (χ1v) is 7.99. The Labute approximate surface area is 145 Å². The van der Waals surface area contributed by atoms with Gasteiger partial charge in [-0.2, -0.15) is 0 Å². The van der Waals surface area contributed by atoms with E-state index in [-0.39, 0.29) is 11.3 Å². The van der Waals surface area contributed by atoms with Crippen molar-refractivity contribution in [1.29, 1.82) is 0 Å². The molecule has 1 N–H and O–H groups in total. The summed E-state index contributed by atoms with van der Waals surface area (Å²) in [7, 11) is 1.52. The molecule has 4 nitrogen and oxygen atoms in total. The number of nitrogens with one attached hydrogen (secondary N) is 1. The second-order valence-electron chi connectivity index (χ2n) is 5.98. The highest BCUT2D eigenvalue weighted by molar-refractivity contribution is 6.08. The molecule has 3 aromatic rings. The number of hydrogen-bond acceptors (Lipinski definition) is 3. The van der Waals surface area contributed by atoms with Crippen molar-refractivity contribution in [3.8, 4) is 5.75 Å². The summed E-state index contributed by atoms with van der Waals surface area (Å²) in [6.07, 6.45) is 2.94. The molecule has 0 aliphatic carbocycles. The third-order valence-corrected chi connectivity index (χ3v) is 4.27. The van der Waals surface area contributed by atoms with Gasteiger partial charge in [-0.25, -0.2) is 0 Å². The molecule has 126 valence electrons. The van der Waals surface area contributed by atoms with Crippen LogP contribution in [0.3, 0.4) is 0 Å². The van der Waals surface area contributed by atoms with Crippen LogP contribution in [0.5, 0.6) is 5.75 Å². The molecule has 0 saturated carbocycles. The van der Waals surface area contributed by atoms with Gasteiger partial charge in [-0.15, -0.1) is 0 Å². The summed E-state index contributed by atoms with van der Waals surface area (Å²) in [5.74, 6) is 0.299.